The van der Waals surface area contributed by atoms with Gasteiger partial charge in [-0.2, -0.15) is 11.8 Å². The molecule has 1 N–H and O–H groups in total. The van der Waals surface area contributed by atoms with Crippen molar-refractivity contribution in [3.8, 4) is 0 Å². The first-order valence-corrected chi connectivity index (χ1v) is 7.38. The van der Waals surface area contributed by atoms with Gasteiger partial charge in [0.25, 0.3) is 0 Å². The first-order chi connectivity index (χ1) is 7.17. The van der Waals surface area contributed by atoms with Gasteiger partial charge in [0.2, 0.25) is 5.91 Å². The zero-order chi connectivity index (χ0) is 11.3. The van der Waals surface area contributed by atoms with Crippen molar-refractivity contribution < 1.29 is 4.79 Å². The van der Waals surface area contributed by atoms with Crippen LogP contribution in [-0.4, -0.2) is 29.3 Å². The molecule has 3 atom stereocenters. The molecule has 88 valence electrons. The van der Waals surface area contributed by atoms with Gasteiger partial charge in [-0.1, -0.05) is 13.3 Å². The molecule has 0 aromatic heterocycles. The topological polar surface area (TPSA) is 29.1 Å². The molecule has 0 saturated heterocycles. The minimum atomic E-state index is -0.0682. The van der Waals surface area contributed by atoms with E-state index in [1.54, 1.807) is 0 Å². The van der Waals surface area contributed by atoms with Gasteiger partial charge in [0.1, 0.15) is 0 Å². The molecule has 0 spiro atoms. The van der Waals surface area contributed by atoms with Gasteiger partial charge in [0, 0.05) is 23.1 Å². The molecule has 1 amide bonds. The summed E-state index contributed by atoms with van der Waals surface area (Å²) in [5, 5.41) is 3.82. The van der Waals surface area contributed by atoms with Crippen molar-refractivity contribution in [3.05, 3.63) is 0 Å². The van der Waals surface area contributed by atoms with Crippen LogP contribution in [-0.2, 0) is 4.79 Å². The second-order valence-corrected chi connectivity index (χ2v) is 5.73. The van der Waals surface area contributed by atoms with E-state index in [1.165, 1.54) is 12.8 Å². The van der Waals surface area contributed by atoms with Crippen LogP contribution >= 0.6 is 23.4 Å². The summed E-state index contributed by atoms with van der Waals surface area (Å²) in [5.74, 6) is 0.447. The molecule has 0 bridgehead atoms. The molecule has 1 fully saturated rings. The van der Waals surface area contributed by atoms with Crippen molar-refractivity contribution in [2.75, 3.05) is 12.1 Å². The SMILES string of the molecule is CSC1CCCC(NC(=O)C(C)CCl)C1. The molecule has 1 aliphatic carbocycles. The summed E-state index contributed by atoms with van der Waals surface area (Å²) in [4.78, 5) is 11.6. The summed E-state index contributed by atoms with van der Waals surface area (Å²) < 4.78 is 0. The van der Waals surface area contributed by atoms with Crippen molar-refractivity contribution in [2.45, 2.75) is 43.9 Å². The lowest BCUT2D eigenvalue weighted by molar-refractivity contribution is -0.124. The van der Waals surface area contributed by atoms with E-state index in [9.17, 15) is 4.79 Å². The van der Waals surface area contributed by atoms with Crippen molar-refractivity contribution in [1.82, 2.24) is 5.32 Å². The van der Waals surface area contributed by atoms with Crippen LogP contribution in [0.4, 0.5) is 0 Å². The second-order valence-electron chi connectivity index (χ2n) is 4.29. The highest BCUT2D eigenvalue weighted by atomic mass is 35.5. The van der Waals surface area contributed by atoms with Crippen molar-refractivity contribution >= 4 is 29.3 Å². The number of thioether (sulfide) groups is 1. The molecule has 0 aromatic carbocycles. The molecule has 15 heavy (non-hydrogen) atoms. The standard InChI is InChI=1S/C11H20ClNOS/c1-8(7-12)11(14)13-9-4-3-5-10(6-9)15-2/h8-10H,3-7H2,1-2H3,(H,13,14). The molecule has 0 heterocycles. The summed E-state index contributed by atoms with van der Waals surface area (Å²) in [6.07, 6.45) is 6.90. The number of halogens is 1. The predicted octanol–water partition coefficient (Wildman–Crippen LogP) is 2.65. The highest BCUT2D eigenvalue weighted by Crippen LogP contribution is 2.26. The molecule has 1 saturated carbocycles. The Kier molecular flexibility index (Phi) is 5.83. The van der Waals surface area contributed by atoms with Crippen LogP contribution in [0.5, 0.6) is 0 Å². The Morgan fingerprint density at radius 3 is 2.93 bits per heavy atom. The lowest BCUT2D eigenvalue weighted by Crippen LogP contribution is -2.41. The van der Waals surface area contributed by atoms with Crippen molar-refractivity contribution in [2.24, 2.45) is 5.92 Å². The Hall–Kier alpha value is 0.110. The molecule has 1 aliphatic rings. The van der Waals surface area contributed by atoms with Crippen LogP contribution in [0.15, 0.2) is 0 Å². The monoisotopic (exact) mass is 249 g/mol. The fourth-order valence-electron chi connectivity index (χ4n) is 1.90. The van der Waals surface area contributed by atoms with E-state index in [0.29, 0.717) is 11.9 Å². The minimum Gasteiger partial charge on any atom is -0.353 e. The number of alkyl halides is 1. The smallest absolute Gasteiger partial charge is 0.224 e. The average Bonchev–Trinajstić information content (AvgIpc) is 2.28. The van der Waals surface area contributed by atoms with E-state index in [0.717, 1.165) is 18.1 Å². The lowest BCUT2D eigenvalue weighted by atomic mass is 9.94. The maximum absolute atomic E-state index is 11.6. The number of amides is 1. The number of hydrogen-bond donors (Lipinski definition) is 1. The molecule has 2 nitrogen and oxygen atoms in total. The fraction of sp³-hybridized carbons (Fsp3) is 0.909. The Balaban J connectivity index is 2.34. The Bertz CT molecular complexity index is 213. The Labute approximate surface area is 102 Å². The minimum absolute atomic E-state index is 0.0682. The number of rotatable bonds is 4. The van der Waals surface area contributed by atoms with Gasteiger partial charge in [0.05, 0.1) is 0 Å². The van der Waals surface area contributed by atoms with Gasteiger partial charge in [0.15, 0.2) is 0 Å². The molecule has 1 rings (SSSR count). The third-order valence-corrected chi connectivity index (χ3v) is 4.54. The highest BCUT2D eigenvalue weighted by Gasteiger charge is 2.23. The van der Waals surface area contributed by atoms with Crippen LogP contribution in [0.2, 0.25) is 0 Å². The molecule has 3 unspecified atom stereocenters. The van der Waals surface area contributed by atoms with E-state index in [4.69, 9.17) is 11.6 Å². The van der Waals surface area contributed by atoms with Gasteiger partial charge in [-0.15, -0.1) is 11.6 Å². The van der Waals surface area contributed by atoms with E-state index < -0.39 is 0 Å². The predicted molar refractivity (Wildman–Crippen MR) is 67.6 cm³/mol. The van der Waals surface area contributed by atoms with E-state index in [1.807, 2.05) is 18.7 Å². The van der Waals surface area contributed by atoms with Crippen LogP contribution in [0.25, 0.3) is 0 Å². The van der Waals surface area contributed by atoms with E-state index in [-0.39, 0.29) is 11.8 Å². The quantitative estimate of drug-likeness (QED) is 0.777. The average molecular weight is 250 g/mol. The van der Waals surface area contributed by atoms with Gasteiger partial charge in [-0.05, 0) is 25.5 Å². The summed E-state index contributed by atoms with van der Waals surface area (Å²) in [6.45, 7) is 1.87. The zero-order valence-electron chi connectivity index (χ0n) is 9.46. The fourth-order valence-corrected chi connectivity index (χ4v) is 2.87. The van der Waals surface area contributed by atoms with E-state index >= 15 is 0 Å². The summed E-state index contributed by atoms with van der Waals surface area (Å²) in [7, 11) is 0. The number of carbonyl (C=O) groups excluding carboxylic acids is 1. The third kappa shape index (κ3) is 4.23. The first-order valence-electron chi connectivity index (χ1n) is 5.56. The number of hydrogen-bond acceptors (Lipinski definition) is 2. The maximum atomic E-state index is 11.6. The summed E-state index contributed by atoms with van der Waals surface area (Å²) >= 11 is 7.57. The Morgan fingerprint density at radius 2 is 2.33 bits per heavy atom. The lowest BCUT2D eigenvalue weighted by Gasteiger charge is -2.29. The second kappa shape index (κ2) is 6.64. The van der Waals surface area contributed by atoms with Crippen LogP contribution in [0.3, 0.4) is 0 Å². The van der Waals surface area contributed by atoms with Crippen LogP contribution < -0.4 is 5.32 Å². The molecule has 0 aliphatic heterocycles. The van der Waals surface area contributed by atoms with Gasteiger partial charge in [-0.3, -0.25) is 4.79 Å². The van der Waals surface area contributed by atoms with Crippen LogP contribution in [0.1, 0.15) is 32.6 Å². The molecule has 4 heteroatoms. The van der Waals surface area contributed by atoms with Gasteiger partial charge in [-0.25, -0.2) is 0 Å². The van der Waals surface area contributed by atoms with Crippen LogP contribution in [0, 0.1) is 5.92 Å². The normalized spacial score (nSPS) is 28.5. The summed E-state index contributed by atoms with van der Waals surface area (Å²) in [6, 6.07) is 0.370. The maximum Gasteiger partial charge on any atom is 0.224 e. The van der Waals surface area contributed by atoms with E-state index in [2.05, 4.69) is 11.6 Å². The van der Waals surface area contributed by atoms with Crippen molar-refractivity contribution in [1.29, 1.82) is 0 Å². The van der Waals surface area contributed by atoms with Gasteiger partial charge >= 0.3 is 0 Å². The van der Waals surface area contributed by atoms with Crippen molar-refractivity contribution in [3.63, 3.8) is 0 Å². The largest absolute Gasteiger partial charge is 0.353 e. The van der Waals surface area contributed by atoms with Gasteiger partial charge < -0.3 is 5.32 Å². The Morgan fingerprint density at radius 1 is 1.60 bits per heavy atom. The molecular weight excluding hydrogens is 230 g/mol. The molecular formula is C11H20ClNOS. The zero-order valence-corrected chi connectivity index (χ0v) is 11.0. The highest BCUT2D eigenvalue weighted by molar-refractivity contribution is 7.99. The summed E-state index contributed by atoms with van der Waals surface area (Å²) in [5.41, 5.74) is 0. The number of nitrogens with one attached hydrogen (secondary N) is 1. The number of carbonyl (C=O) groups is 1. The first kappa shape index (κ1) is 13.2. The molecule has 0 radical (unpaired) electrons. The molecule has 0 aromatic rings. The third-order valence-electron chi connectivity index (χ3n) is 2.98.